The van der Waals surface area contributed by atoms with Gasteiger partial charge in [-0.1, -0.05) is 0 Å². The second-order valence-electron chi connectivity index (χ2n) is 7.29. The fourth-order valence-electron chi connectivity index (χ4n) is 3.41. The number of carbonyl (C=O) groups excluding carboxylic acids is 2. The normalized spacial score (nSPS) is 13.0. The maximum absolute atomic E-state index is 12.3. The lowest BCUT2D eigenvalue weighted by atomic mass is 9.96. The number of hydrogen-bond donors (Lipinski definition) is 2. The van der Waals surface area contributed by atoms with Crippen molar-refractivity contribution in [1.29, 1.82) is 5.26 Å². The molecule has 2 aromatic rings. The van der Waals surface area contributed by atoms with Gasteiger partial charge in [0.2, 0.25) is 10.0 Å². The summed E-state index contributed by atoms with van der Waals surface area (Å²) in [6, 6.07) is 8.07. The van der Waals surface area contributed by atoms with Crippen molar-refractivity contribution in [1.82, 2.24) is 4.72 Å². The zero-order valence-electron chi connectivity index (χ0n) is 18.2. The first-order chi connectivity index (χ1) is 15.8. The molecule has 0 atom stereocenters. The maximum Gasteiger partial charge on any atom is 0.307 e. The van der Waals surface area contributed by atoms with Gasteiger partial charge in [0, 0.05) is 11.4 Å². The third kappa shape index (κ3) is 6.54. The number of fused-ring (bicyclic) bond motifs is 1. The van der Waals surface area contributed by atoms with Crippen LogP contribution in [0.1, 0.15) is 42.2 Å². The van der Waals surface area contributed by atoms with Crippen LogP contribution in [0.25, 0.3) is 0 Å². The molecule has 0 saturated heterocycles. The summed E-state index contributed by atoms with van der Waals surface area (Å²) in [4.78, 5) is 25.3. The molecule has 1 aromatic heterocycles. The molecule has 176 valence electrons. The van der Waals surface area contributed by atoms with Crippen LogP contribution in [0.15, 0.2) is 29.2 Å². The van der Waals surface area contributed by atoms with Gasteiger partial charge >= 0.3 is 5.97 Å². The minimum atomic E-state index is -3.79. The van der Waals surface area contributed by atoms with Crippen molar-refractivity contribution in [3.63, 3.8) is 0 Å². The van der Waals surface area contributed by atoms with Crippen molar-refractivity contribution in [3.8, 4) is 11.8 Å². The number of nitrogens with zero attached hydrogens (tertiary/aromatic N) is 1. The number of ether oxygens (including phenoxy) is 2. The molecule has 0 saturated carbocycles. The highest BCUT2D eigenvalue weighted by Gasteiger charge is 2.22. The van der Waals surface area contributed by atoms with Crippen LogP contribution < -0.4 is 14.8 Å². The molecule has 0 fully saturated rings. The zero-order valence-corrected chi connectivity index (χ0v) is 19.8. The third-order valence-electron chi connectivity index (χ3n) is 4.97. The van der Waals surface area contributed by atoms with Gasteiger partial charge in [0.15, 0.2) is 6.61 Å². The highest BCUT2D eigenvalue weighted by atomic mass is 32.2. The highest BCUT2D eigenvalue weighted by molar-refractivity contribution is 7.89. The number of amides is 1. The Balaban J connectivity index is 1.43. The smallest absolute Gasteiger partial charge is 0.307 e. The van der Waals surface area contributed by atoms with E-state index in [4.69, 9.17) is 9.47 Å². The van der Waals surface area contributed by atoms with E-state index in [9.17, 15) is 23.3 Å². The van der Waals surface area contributed by atoms with E-state index in [1.165, 1.54) is 23.5 Å². The number of hydrogen-bond acceptors (Lipinski definition) is 8. The summed E-state index contributed by atoms with van der Waals surface area (Å²) in [7, 11) is -3.79. The second kappa shape index (κ2) is 11.3. The van der Waals surface area contributed by atoms with Crippen LogP contribution in [0, 0.1) is 11.3 Å². The van der Waals surface area contributed by atoms with Crippen molar-refractivity contribution in [2.45, 2.75) is 43.9 Å². The highest BCUT2D eigenvalue weighted by Crippen LogP contribution is 2.37. The van der Waals surface area contributed by atoms with Gasteiger partial charge in [-0.25, -0.2) is 13.1 Å². The van der Waals surface area contributed by atoms with E-state index in [-0.39, 0.29) is 17.9 Å². The Hall–Kier alpha value is -2.94. The fraction of sp³-hybridized carbons (Fsp3) is 0.409. The lowest BCUT2D eigenvalue weighted by Gasteiger charge is -2.09. The first-order valence-electron chi connectivity index (χ1n) is 10.6. The molecule has 9 nitrogen and oxygen atoms in total. The first kappa shape index (κ1) is 24.7. The lowest BCUT2D eigenvalue weighted by molar-refractivity contribution is -0.147. The zero-order chi connectivity index (χ0) is 23.8. The molecule has 11 heteroatoms. The molecule has 0 radical (unpaired) electrons. The van der Waals surface area contributed by atoms with E-state index in [0.29, 0.717) is 22.9 Å². The summed E-state index contributed by atoms with van der Waals surface area (Å²) < 4.78 is 37.1. The third-order valence-corrected chi connectivity index (χ3v) is 7.65. The van der Waals surface area contributed by atoms with Crippen molar-refractivity contribution in [2.24, 2.45) is 0 Å². The summed E-state index contributed by atoms with van der Waals surface area (Å²) in [5.41, 5.74) is 1.49. The number of thiophene rings is 1. The first-order valence-corrected chi connectivity index (χ1v) is 12.9. The maximum atomic E-state index is 12.3. The average Bonchev–Trinajstić information content (AvgIpc) is 3.15. The molecular weight excluding hydrogens is 466 g/mol. The molecule has 1 aliphatic carbocycles. The minimum absolute atomic E-state index is 0.0469. The molecule has 1 aliphatic rings. The monoisotopic (exact) mass is 491 g/mol. The van der Waals surface area contributed by atoms with Gasteiger partial charge in [0.05, 0.1) is 23.5 Å². The molecular formula is C22H25N3O6S2. The van der Waals surface area contributed by atoms with Gasteiger partial charge < -0.3 is 14.8 Å². The number of benzene rings is 1. The Kier molecular flexibility index (Phi) is 8.43. The Morgan fingerprint density at radius 2 is 1.91 bits per heavy atom. The molecule has 0 spiro atoms. The molecule has 1 aromatic carbocycles. The van der Waals surface area contributed by atoms with Crippen LogP contribution >= 0.6 is 11.3 Å². The molecule has 0 bridgehead atoms. The molecule has 1 heterocycles. The predicted octanol–water partition coefficient (Wildman–Crippen LogP) is 2.75. The molecule has 0 unspecified atom stereocenters. The summed E-state index contributed by atoms with van der Waals surface area (Å²) in [6.07, 6.45) is 3.57. The Labute approximate surface area is 196 Å². The van der Waals surface area contributed by atoms with Gasteiger partial charge in [-0.05, 0) is 62.4 Å². The van der Waals surface area contributed by atoms with E-state index in [1.807, 2.05) is 6.92 Å². The fourth-order valence-corrected chi connectivity index (χ4v) is 5.69. The average molecular weight is 492 g/mol. The van der Waals surface area contributed by atoms with Crippen LogP contribution in [-0.4, -0.2) is 40.1 Å². The summed E-state index contributed by atoms with van der Waals surface area (Å²) >= 11 is 1.39. The van der Waals surface area contributed by atoms with Gasteiger partial charge in [-0.3, -0.25) is 9.59 Å². The Bertz CT molecular complexity index is 1150. The van der Waals surface area contributed by atoms with Crippen LogP contribution in [0.4, 0.5) is 5.00 Å². The van der Waals surface area contributed by atoms with Crippen molar-refractivity contribution >= 4 is 38.2 Å². The van der Waals surface area contributed by atoms with Gasteiger partial charge in [-0.2, -0.15) is 5.26 Å². The number of carbonyl (C=O) groups is 2. The quantitative estimate of drug-likeness (QED) is 0.488. The molecule has 2 N–H and O–H groups in total. The van der Waals surface area contributed by atoms with Crippen LogP contribution in [0.3, 0.4) is 0 Å². The van der Waals surface area contributed by atoms with E-state index < -0.39 is 28.5 Å². The summed E-state index contributed by atoms with van der Waals surface area (Å²) in [6.45, 7) is 1.61. The van der Waals surface area contributed by atoms with Gasteiger partial charge in [0.25, 0.3) is 5.91 Å². The van der Waals surface area contributed by atoms with E-state index in [2.05, 4.69) is 16.1 Å². The number of anilines is 1. The lowest BCUT2D eigenvalue weighted by Crippen LogP contribution is -2.28. The van der Waals surface area contributed by atoms with E-state index >= 15 is 0 Å². The Morgan fingerprint density at radius 3 is 2.61 bits per heavy atom. The second-order valence-corrected chi connectivity index (χ2v) is 10.2. The van der Waals surface area contributed by atoms with E-state index in [1.54, 1.807) is 12.1 Å². The number of esters is 1. The minimum Gasteiger partial charge on any atom is -0.494 e. The van der Waals surface area contributed by atoms with Crippen molar-refractivity contribution in [3.05, 3.63) is 40.3 Å². The van der Waals surface area contributed by atoms with Crippen molar-refractivity contribution in [2.75, 3.05) is 25.1 Å². The van der Waals surface area contributed by atoms with Gasteiger partial charge in [-0.15, -0.1) is 11.3 Å². The Morgan fingerprint density at radius 1 is 1.18 bits per heavy atom. The molecule has 1 amide bonds. The number of rotatable bonds is 10. The number of sulfonamides is 1. The van der Waals surface area contributed by atoms with Gasteiger partial charge in [0.1, 0.15) is 16.8 Å². The van der Waals surface area contributed by atoms with E-state index in [0.717, 1.165) is 36.1 Å². The number of aryl methyl sites for hydroxylation is 1. The van der Waals surface area contributed by atoms with Crippen molar-refractivity contribution < 1.29 is 27.5 Å². The largest absolute Gasteiger partial charge is 0.494 e. The predicted molar refractivity (Wildman–Crippen MR) is 123 cm³/mol. The molecule has 0 aliphatic heterocycles. The topological polar surface area (TPSA) is 135 Å². The standard InChI is InChI=1S/C22H25N3O6S2/c1-2-30-15-7-9-16(10-8-15)33(28,29)24-12-11-21(27)31-14-20(26)25-22-18(13-23)17-5-3-4-6-19(17)32-22/h7-10,24H,2-6,11-12,14H2,1H3,(H,25,26). The summed E-state index contributed by atoms with van der Waals surface area (Å²) in [5.74, 6) is -0.707. The van der Waals surface area contributed by atoms with Crippen LogP contribution in [-0.2, 0) is 37.2 Å². The number of nitrogens with one attached hydrogen (secondary N) is 2. The summed E-state index contributed by atoms with van der Waals surface area (Å²) in [5, 5.41) is 12.6. The number of nitriles is 1. The molecule has 33 heavy (non-hydrogen) atoms. The SMILES string of the molecule is CCOc1ccc(S(=O)(=O)NCCC(=O)OCC(=O)Nc2sc3c(c2C#N)CCCC3)cc1. The van der Waals surface area contributed by atoms with Crippen LogP contribution in [0.5, 0.6) is 5.75 Å². The molecule has 3 rings (SSSR count). The van der Waals surface area contributed by atoms with Crippen LogP contribution in [0.2, 0.25) is 0 Å².